The fourth-order valence-corrected chi connectivity index (χ4v) is 1.26. The fourth-order valence-electron chi connectivity index (χ4n) is 1.26. The van der Waals surface area contributed by atoms with E-state index in [4.69, 9.17) is 5.11 Å². The number of carbonyl (C=O) groups excluding carboxylic acids is 3. The summed E-state index contributed by atoms with van der Waals surface area (Å²) in [7, 11) is 0. The number of aliphatic hydroxyl groups excluding tert-OH is 1. The highest BCUT2D eigenvalue weighted by Crippen LogP contribution is 2.28. The van der Waals surface area contributed by atoms with Gasteiger partial charge in [0, 0.05) is 0 Å². The van der Waals surface area contributed by atoms with E-state index in [9.17, 15) is 19.5 Å². The Morgan fingerprint density at radius 2 is 2.07 bits per heavy atom. The SMILES string of the molecule is O=CC1C=CC(=O)/C(=C/O)C1(O)C=O. The lowest BCUT2D eigenvalue weighted by molar-refractivity contribution is -0.132. The summed E-state index contributed by atoms with van der Waals surface area (Å²) in [5.41, 5.74) is -2.74. The van der Waals surface area contributed by atoms with E-state index in [2.05, 4.69) is 0 Å². The molecule has 0 saturated heterocycles. The van der Waals surface area contributed by atoms with Gasteiger partial charge in [-0.3, -0.25) is 9.59 Å². The number of allylic oxidation sites excluding steroid dienone is 1. The molecule has 0 aromatic heterocycles. The molecular formula is C9H8O5. The van der Waals surface area contributed by atoms with Crippen LogP contribution < -0.4 is 0 Å². The van der Waals surface area contributed by atoms with E-state index in [1.54, 1.807) is 0 Å². The smallest absolute Gasteiger partial charge is 0.187 e. The first-order valence-corrected chi connectivity index (χ1v) is 3.81. The van der Waals surface area contributed by atoms with Crippen LogP contribution in [0.1, 0.15) is 0 Å². The maximum atomic E-state index is 11.1. The van der Waals surface area contributed by atoms with E-state index in [1.807, 2.05) is 0 Å². The summed E-state index contributed by atoms with van der Waals surface area (Å²) < 4.78 is 0. The third kappa shape index (κ3) is 1.27. The second-order valence-corrected chi connectivity index (χ2v) is 2.87. The number of carbonyl (C=O) groups is 3. The molecule has 5 nitrogen and oxygen atoms in total. The zero-order valence-corrected chi connectivity index (χ0v) is 7.08. The van der Waals surface area contributed by atoms with Crippen LogP contribution >= 0.6 is 0 Å². The minimum atomic E-state index is -2.25. The molecule has 0 radical (unpaired) electrons. The molecule has 0 spiro atoms. The molecule has 1 rings (SSSR count). The lowest BCUT2D eigenvalue weighted by Crippen LogP contribution is -2.46. The third-order valence-electron chi connectivity index (χ3n) is 2.12. The maximum Gasteiger partial charge on any atom is 0.187 e. The molecule has 1 aliphatic carbocycles. The van der Waals surface area contributed by atoms with Crippen molar-refractivity contribution in [2.75, 3.05) is 0 Å². The van der Waals surface area contributed by atoms with Gasteiger partial charge in [0.05, 0.1) is 17.8 Å². The molecule has 0 aromatic carbocycles. The molecule has 0 fully saturated rings. The predicted octanol–water partition coefficient (Wildman–Crippen LogP) is -0.688. The lowest BCUT2D eigenvalue weighted by Gasteiger charge is -2.29. The van der Waals surface area contributed by atoms with Gasteiger partial charge in [-0.1, -0.05) is 6.08 Å². The van der Waals surface area contributed by atoms with Gasteiger partial charge in [-0.15, -0.1) is 0 Å². The van der Waals surface area contributed by atoms with Crippen LogP contribution in [0.15, 0.2) is 24.0 Å². The minimum Gasteiger partial charge on any atom is -0.515 e. The van der Waals surface area contributed by atoms with Crippen molar-refractivity contribution < 1.29 is 24.6 Å². The van der Waals surface area contributed by atoms with Gasteiger partial charge in [-0.25, -0.2) is 0 Å². The first-order chi connectivity index (χ1) is 6.60. The Hall–Kier alpha value is -1.75. The Balaban J connectivity index is 3.31. The molecule has 0 aliphatic heterocycles. The summed E-state index contributed by atoms with van der Waals surface area (Å²) in [6.07, 6.45) is 2.89. The highest BCUT2D eigenvalue weighted by molar-refractivity contribution is 6.10. The van der Waals surface area contributed by atoms with Crippen LogP contribution in [-0.4, -0.2) is 34.2 Å². The Bertz CT molecular complexity index is 341. The number of aliphatic hydroxyl groups is 2. The Labute approximate surface area is 79.3 Å². The van der Waals surface area contributed by atoms with Crippen LogP contribution in [0.3, 0.4) is 0 Å². The normalized spacial score (nSPS) is 34.5. The summed E-state index contributed by atoms with van der Waals surface area (Å²) in [5, 5.41) is 18.4. The zero-order valence-electron chi connectivity index (χ0n) is 7.08. The highest BCUT2D eigenvalue weighted by Gasteiger charge is 2.44. The number of aldehydes is 2. The van der Waals surface area contributed by atoms with Crippen molar-refractivity contribution in [3.63, 3.8) is 0 Å². The van der Waals surface area contributed by atoms with Crippen LogP contribution in [0.4, 0.5) is 0 Å². The predicted molar refractivity (Wildman–Crippen MR) is 45.4 cm³/mol. The summed E-state index contributed by atoms with van der Waals surface area (Å²) in [5.74, 6) is -1.84. The molecule has 2 N–H and O–H groups in total. The first-order valence-electron chi connectivity index (χ1n) is 3.81. The van der Waals surface area contributed by atoms with Crippen molar-refractivity contribution in [1.29, 1.82) is 0 Å². The second-order valence-electron chi connectivity index (χ2n) is 2.87. The average molecular weight is 196 g/mol. The first kappa shape index (κ1) is 10.3. The molecule has 0 heterocycles. The molecule has 0 bridgehead atoms. The minimum absolute atomic E-state index is 0.0650. The fraction of sp³-hybridized carbons (Fsp3) is 0.222. The van der Waals surface area contributed by atoms with Gasteiger partial charge in [0.25, 0.3) is 0 Å². The molecule has 0 aromatic rings. The van der Waals surface area contributed by atoms with Crippen LogP contribution in [0.25, 0.3) is 0 Å². The monoisotopic (exact) mass is 196 g/mol. The maximum absolute atomic E-state index is 11.1. The van der Waals surface area contributed by atoms with Crippen LogP contribution in [0, 0.1) is 5.92 Å². The summed E-state index contributed by atoms with van der Waals surface area (Å²) in [6.45, 7) is 0. The standard InChI is InChI=1S/C9H8O5/c10-3-6-1-2-8(13)7(4-11)9(6,14)5-12/h1-6,11,14H/b7-4-. The number of hydrogen-bond acceptors (Lipinski definition) is 5. The highest BCUT2D eigenvalue weighted by atomic mass is 16.3. The molecule has 1 aliphatic rings. The van der Waals surface area contributed by atoms with Crippen molar-refractivity contribution in [1.82, 2.24) is 0 Å². The lowest BCUT2D eigenvalue weighted by atomic mass is 9.77. The van der Waals surface area contributed by atoms with E-state index in [1.165, 1.54) is 0 Å². The Morgan fingerprint density at radius 3 is 2.50 bits per heavy atom. The van der Waals surface area contributed by atoms with Crippen molar-refractivity contribution in [2.45, 2.75) is 5.60 Å². The van der Waals surface area contributed by atoms with Crippen molar-refractivity contribution in [2.24, 2.45) is 5.92 Å². The molecule has 0 saturated carbocycles. The van der Waals surface area contributed by atoms with Gasteiger partial charge in [-0.05, 0) is 6.08 Å². The zero-order chi connectivity index (χ0) is 10.8. The van der Waals surface area contributed by atoms with Gasteiger partial charge >= 0.3 is 0 Å². The summed E-state index contributed by atoms with van der Waals surface area (Å²) >= 11 is 0. The van der Waals surface area contributed by atoms with Crippen molar-refractivity contribution in [3.05, 3.63) is 24.0 Å². The molecule has 14 heavy (non-hydrogen) atoms. The van der Waals surface area contributed by atoms with Gasteiger partial charge in [0.1, 0.15) is 6.29 Å². The van der Waals surface area contributed by atoms with Gasteiger partial charge in [0.2, 0.25) is 0 Å². The molecule has 5 heteroatoms. The number of ketones is 1. The van der Waals surface area contributed by atoms with Gasteiger partial charge < -0.3 is 15.0 Å². The van der Waals surface area contributed by atoms with E-state index in [0.717, 1.165) is 12.2 Å². The summed E-state index contributed by atoms with van der Waals surface area (Å²) in [4.78, 5) is 32.2. The quantitative estimate of drug-likeness (QED) is 0.346. The second kappa shape index (κ2) is 3.55. The molecule has 74 valence electrons. The largest absolute Gasteiger partial charge is 0.515 e. The van der Waals surface area contributed by atoms with E-state index < -0.39 is 22.9 Å². The van der Waals surface area contributed by atoms with Crippen LogP contribution in [0.5, 0.6) is 0 Å². The van der Waals surface area contributed by atoms with E-state index >= 15 is 0 Å². The number of hydrogen-bond donors (Lipinski definition) is 2. The van der Waals surface area contributed by atoms with E-state index in [-0.39, 0.29) is 6.29 Å². The number of rotatable bonds is 2. The van der Waals surface area contributed by atoms with Gasteiger partial charge in [0.15, 0.2) is 17.7 Å². The summed E-state index contributed by atoms with van der Waals surface area (Å²) in [6, 6.07) is 0. The third-order valence-corrected chi connectivity index (χ3v) is 2.12. The Morgan fingerprint density at radius 1 is 1.43 bits per heavy atom. The van der Waals surface area contributed by atoms with Gasteiger partial charge in [-0.2, -0.15) is 0 Å². The average Bonchev–Trinajstić information content (AvgIpc) is 2.18. The van der Waals surface area contributed by atoms with Crippen LogP contribution in [0.2, 0.25) is 0 Å². The molecule has 2 unspecified atom stereocenters. The molecule has 2 atom stereocenters. The van der Waals surface area contributed by atoms with Crippen molar-refractivity contribution >= 4 is 18.4 Å². The topological polar surface area (TPSA) is 91.7 Å². The molecule has 0 amide bonds. The van der Waals surface area contributed by atoms with Crippen molar-refractivity contribution in [3.8, 4) is 0 Å². The molecular weight excluding hydrogens is 188 g/mol. The Kier molecular flexibility index (Phi) is 2.62. The van der Waals surface area contributed by atoms with E-state index in [0.29, 0.717) is 12.5 Å². The van der Waals surface area contributed by atoms with Crippen LogP contribution in [-0.2, 0) is 14.4 Å².